The fourth-order valence-corrected chi connectivity index (χ4v) is 2.49. The van der Waals surface area contributed by atoms with Gasteiger partial charge < -0.3 is 10.1 Å². The Labute approximate surface area is 153 Å². The summed E-state index contributed by atoms with van der Waals surface area (Å²) >= 11 is 0. The molecule has 6 nitrogen and oxygen atoms in total. The largest absolute Gasteiger partial charge is 0.364 e. The Balaban J connectivity index is 1.71. The van der Waals surface area contributed by atoms with Crippen molar-refractivity contribution in [2.75, 3.05) is 5.32 Å². The van der Waals surface area contributed by atoms with Crippen LogP contribution in [0.4, 0.5) is 5.69 Å². The van der Waals surface area contributed by atoms with Crippen molar-refractivity contribution in [2.24, 2.45) is 0 Å². The molecule has 0 bridgehead atoms. The highest BCUT2D eigenvalue weighted by Crippen LogP contribution is 2.12. The zero-order valence-electron chi connectivity index (χ0n) is 14.6. The SMILES string of the molecule is O=C(CCCCC(OCc1ccccc1)C(=O)NO)Nc1ccccc1. The van der Waals surface area contributed by atoms with Gasteiger partial charge in [0.15, 0.2) is 0 Å². The van der Waals surface area contributed by atoms with Crippen LogP contribution in [0.3, 0.4) is 0 Å². The van der Waals surface area contributed by atoms with E-state index in [-0.39, 0.29) is 12.5 Å². The van der Waals surface area contributed by atoms with Crippen LogP contribution in [0.2, 0.25) is 0 Å². The van der Waals surface area contributed by atoms with Gasteiger partial charge in [0.2, 0.25) is 5.91 Å². The number of rotatable bonds is 10. The minimum atomic E-state index is -0.752. The first-order valence-electron chi connectivity index (χ1n) is 8.63. The van der Waals surface area contributed by atoms with Gasteiger partial charge in [0.1, 0.15) is 6.10 Å². The van der Waals surface area contributed by atoms with Gasteiger partial charge in [-0.05, 0) is 37.0 Å². The van der Waals surface area contributed by atoms with Crippen LogP contribution in [0, 0.1) is 0 Å². The smallest absolute Gasteiger partial charge is 0.272 e. The number of anilines is 1. The molecule has 0 aromatic heterocycles. The van der Waals surface area contributed by atoms with E-state index >= 15 is 0 Å². The van der Waals surface area contributed by atoms with Gasteiger partial charge in [-0.1, -0.05) is 48.5 Å². The summed E-state index contributed by atoms with van der Waals surface area (Å²) in [5.41, 5.74) is 3.36. The Kier molecular flexibility index (Phi) is 8.32. The zero-order chi connectivity index (χ0) is 18.6. The molecule has 1 atom stereocenters. The molecule has 0 fully saturated rings. The van der Waals surface area contributed by atoms with Crippen molar-refractivity contribution in [1.29, 1.82) is 0 Å². The molecule has 2 aromatic carbocycles. The van der Waals surface area contributed by atoms with Crippen molar-refractivity contribution in [3.63, 3.8) is 0 Å². The quantitative estimate of drug-likeness (QED) is 0.346. The van der Waals surface area contributed by atoms with E-state index in [1.165, 1.54) is 0 Å². The van der Waals surface area contributed by atoms with Crippen molar-refractivity contribution < 1.29 is 19.5 Å². The van der Waals surface area contributed by atoms with Crippen LogP contribution in [-0.4, -0.2) is 23.1 Å². The van der Waals surface area contributed by atoms with E-state index < -0.39 is 12.0 Å². The summed E-state index contributed by atoms with van der Waals surface area (Å²) in [6.07, 6.45) is 1.30. The highest BCUT2D eigenvalue weighted by molar-refractivity contribution is 5.90. The van der Waals surface area contributed by atoms with E-state index in [0.29, 0.717) is 25.7 Å². The van der Waals surface area contributed by atoms with Crippen LogP contribution >= 0.6 is 0 Å². The summed E-state index contributed by atoms with van der Waals surface area (Å²) in [7, 11) is 0. The second-order valence-corrected chi connectivity index (χ2v) is 5.92. The number of para-hydroxylation sites is 1. The van der Waals surface area contributed by atoms with Gasteiger partial charge in [-0.3, -0.25) is 14.8 Å². The first-order valence-corrected chi connectivity index (χ1v) is 8.63. The predicted octanol–water partition coefficient (Wildman–Crippen LogP) is 3.28. The van der Waals surface area contributed by atoms with Crippen molar-refractivity contribution >= 4 is 17.5 Å². The van der Waals surface area contributed by atoms with Gasteiger partial charge in [-0.25, -0.2) is 5.48 Å². The topological polar surface area (TPSA) is 87.7 Å². The van der Waals surface area contributed by atoms with Crippen LogP contribution in [0.25, 0.3) is 0 Å². The Bertz CT molecular complexity index is 677. The lowest BCUT2D eigenvalue weighted by Gasteiger charge is -2.16. The Hall–Kier alpha value is -2.70. The van der Waals surface area contributed by atoms with E-state index in [4.69, 9.17) is 9.94 Å². The van der Waals surface area contributed by atoms with Crippen LogP contribution in [-0.2, 0) is 20.9 Å². The molecule has 0 heterocycles. The number of carbonyl (C=O) groups is 2. The van der Waals surface area contributed by atoms with Gasteiger partial charge in [0.05, 0.1) is 6.61 Å². The molecule has 0 spiro atoms. The molecule has 0 saturated heterocycles. The van der Waals surface area contributed by atoms with E-state index in [9.17, 15) is 9.59 Å². The minimum Gasteiger partial charge on any atom is -0.364 e. The lowest BCUT2D eigenvalue weighted by molar-refractivity contribution is -0.142. The standard InChI is InChI=1S/C20H24N2O4/c23-19(21-17-11-5-2-6-12-17)14-8-7-13-18(20(24)22-25)26-15-16-9-3-1-4-10-16/h1-6,9-12,18,25H,7-8,13-15H2,(H,21,23)(H,22,24). The molecular weight excluding hydrogens is 332 g/mol. The average molecular weight is 356 g/mol. The maximum absolute atomic E-state index is 11.9. The van der Waals surface area contributed by atoms with Crippen molar-refractivity contribution in [2.45, 2.75) is 38.4 Å². The minimum absolute atomic E-state index is 0.0652. The molecule has 0 aliphatic carbocycles. The molecule has 0 aliphatic rings. The fourth-order valence-electron chi connectivity index (χ4n) is 2.49. The summed E-state index contributed by atoms with van der Waals surface area (Å²) in [6.45, 7) is 0.285. The highest BCUT2D eigenvalue weighted by Gasteiger charge is 2.18. The molecule has 1 unspecified atom stereocenters. The summed E-state index contributed by atoms with van der Waals surface area (Å²) in [6, 6.07) is 18.8. The van der Waals surface area contributed by atoms with Crippen LogP contribution in [0.15, 0.2) is 60.7 Å². The van der Waals surface area contributed by atoms with Gasteiger partial charge in [0.25, 0.3) is 5.91 Å². The van der Waals surface area contributed by atoms with Crippen molar-refractivity contribution in [3.05, 3.63) is 66.2 Å². The van der Waals surface area contributed by atoms with E-state index in [2.05, 4.69) is 5.32 Å². The first-order chi connectivity index (χ1) is 12.7. The zero-order valence-corrected chi connectivity index (χ0v) is 14.6. The number of unbranched alkanes of at least 4 members (excludes halogenated alkanes) is 1. The van der Waals surface area contributed by atoms with E-state index in [1.54, 1.807) is 5.48 Å². The highest BCUT2D eigenvalue weighted by atomic mass is 16.5. The summed E-state index contributed by atoms with van der Waals surface area (Å²) in [5.74, 6) is -0.640. The Morgan fingerprint density at radius 3 is 2.27 bits per heavy atom. The van der Waals surface area contributed by atoms with Gasteiger partial charge in [-0.2, -0.15) is 0 Å². The molecule has 0 radical (unpaired) electrons. The Morgan fingerprint density at radius 2 is 1.62 bits per heavy atom. The first kappa shape index (κ1) is 19.6. The summed E-state index contributed by atoms with van der Waals surface area (Å²) in [4.78, 5) is 23.6. The number of nitrogens with one attached hydrogen (secondary N) is 2. The molecule has 2 amide bonds. The van der Waals surface area contributed by atoms with E-state index in [0.717, 1.165) is 11.3 Å². The second-order valence-electron chi connectivity index (χ2n) is 5.92. The number of hydroxylamine groups is 1. The van der Waals surface area contributed by atoms with Gasteiger partial charge in [0, 0.05) is 12.1 Å². The third-order valence-corrected chi connectivity index (χ3v) is 3.87. The number of ether oxygens (including phenoxy) is 1. The maximum atomic E-state index is 11.9. The number of amides is 2. The third-order valence-electron chi connectivity index (χ3n) is 3.87. The maximum Gasteiger partial charge on any atom is 0.272 e. The molecule has 2 rings (SSSR count). The van der Waals surface area contributed by atoms with Crippen molar-refractivity contribution in [3.8, 4) is 0 Å². The fraction of sp³-hybridized carbons (Fsp3) is 0.300. The van der Waals surface area contributed by atoms with Crippen LogP contribution < -0.4 is 10.8 Å². The average Bonchev–Trinajstić information content (AvgIpc) is 2.68. The molecule has 2 aromatic rings. The molecule has 6 heteroatoms. The monoisotopic (exact) mass is 356 g/mol. The van der Waals surface area contributed by atoms with E-state index in [1.807, 2.05) is 60.7 Å². The van der Waals surface area contributed by atoms with Crippen LogP contribution in [0.1, 0.15) is 31.2 Å². The van der Waals surface area contributed by atoms with Crippen molar-refractivity contribution in [1.82, 2.24) is 5.48 Å². The normalized spacial score (nSPS) is 11.6. The number of benzene rings is 2. The third kappa shape index (κ3) is 7.04. The van der Waals surface area contributed by atoms with Gasteiger partial charge in [-0.15, -0.1) is 0 Å². The molecule has 138 valence electrons. The Morgan fingerprint density at radius 1 is 0.962 bits per heavy atom. The summed E-state index contributed by atoms with van der Waals surface area (Å²) in [5, 5.41) is 11.7. The number of carbonyl (C=O) groups excluding carboxylic acids is 2. The second kappa shape index (κ2) is 11.0. The molecule has 0 saturated carbocycles. The molecule has 3 N–H and O–H groups in total. The predicted molar refractivity (Wildman–Crippen MR) is 98.5 cm³/mol. The molecule has 26 heavy (non-hydrogen) atoms. The summed E-state index contributed by atoms with van der Waals surface area (Å²) < 4.78 is 5.61. The lowest BCUT2D eigenvalue weighted by Crippen LogP contribution is -2.34. The number of hydrogen-bond donors (Lipinski definition) is 3. The molecule has 0 aliphatic heterocycles. The lowest BCUT2D eigenvalue weighted by atomic mass is 10.1. The van der Waals surface area contributed by atoms with Crippen LogP contribution in [0.5, 0.6) is 0 Å². The number of hydrogen-bond acceptors (Lipinski definition) is 4. The molecular formula is C20H24N2O4. The van der Waals surface area contributed by atoms with Gasteiger partial charge >= 0.3 is 0 Å².